The highest BCUT2D eigenvalue weighted by atomic mass is 16.7. The Kier molecular flexibility index (Phi) is 5.14. The minimum Gasteiger partial charge on any atom is -0.320 e. The van der Waals surface area contributed by atoms with E-state index in [0.29, 0.717) is 6.54 Å². The van der Waals surface area contributed by atoms with Crippen molar-refractivity contribution in [3.05, 3.63) is 0 Å². The zero-order valence-corrected chi connectivity index (χ0v) is 11.6. The summed E-state index contributed by atoms with van der Waals surface area (Å²) in [6.07, 6.45) is 3.40. The third-order valence-corrected chi connectivity index (χ3v) is 2.94. The normalized spacial score (nSPS) is 17.3. The molecule has 7 nitrogen and oxygen atoms in total. The first-order chi connectivity index (χ1) is 8.89. The van der Waals surface area contributed by atoms with Crippen molar-refractivity contribution in [3.63, 3.8) is 0 Å². The maximum atomic E-state index is 11.5. The molecule has 0 aliphatic carbocycles. The van der Waals surface area contributed by atoms with Gasteiger partial charge >= 0.3 is 12.1 Å². The number of carbonyl (C=O) groups excluding carboxylic acids is 3. The van der Waals surface area contributed by atoms with Crippen molar-refractivity contribution in [3.8, 4) is 0 Å². The van der Waals surface area contributed by atoms with Crippen LogP contribution >= 0.6 is 0 Å². The number of unbranched alkanes of at least 4 members (excludes halogenated alkanes) is 3. The molecule has 0 radical (unpaired) electrons. The largest absolute Gasteiger partial charge is 0.431 e. The van der Waals surface area contributed by atoms with Gasteiger partial charge in [0.15, 0.2) is 5.54 Å². The van der Waals surface area contributed by atoms with Gasteiger partial charge in [0, 0.05) is 6.54 Å². The van der Waals surface area contributed by atoms with Crippen LogP contribution in [0.1, 0.15) is 46.5 Å². The highest BCUT2D eigenvalue weighted by Crippen LogP contribution is 2.20. The number of urea groups is 1. The molecule has 2 N–H and O–H groups in total. The van der Waals surface area contributed by atoms with Gasteiger partial charge in [0.1, 0.15) is 0 Å². The molecule has 1 saturated heterocycles. The zero-order chi connectivity index (χ0) is 14.5. The van der Waals surface area contributed by atoms with Crippen molar-refractivity contribution >= 4 is 18.0 Å². The van der Waals surface area contributed by atoms with Gasteiger partial charge in [0.2, 0.25) is 0 Å². The topological polar surface area (TPSA) is 87.7 Å². The fourth-order valence-corrected chi connectivity index (χ4v) is 1.66. The van der Waals surface area contributed by atoms with E-state index in [1.54, 1.807) is 0 Å². The summed E-state index contributed by atoms with van der Waals surface area (Å²) in [5.74, 6) is -0.492. The van der Waals surface area contributed by atoms with Gasteiger partial charge in [-0.1, -0.05) is 26.2 Å². The summed E-state index contributed by atoms with van der Waals surface area (Å²) < 4.78 is 0. The van der Waals surface area contributed by atoms with Crippen molar-refractivity contribution in [1.82, 2.24) is 15.7 Å². The Bertz CT molecular complexity index is 368. The molecule has 1 aliphatic heterocycles. The highest BCUT2D eigenvalue weighted by molar-refractivity contribution is 6.06. The van der Waals surface area contributed by atoms with Crippen molar-refractivity contribution in [2.45, 2.75) is 52.0 Å². The fraction of sp³-hybridized carbons (Fsp3) is 0.750. The van der Waals surface area contributed by atoms with Crippen LogP contribution in [0.4, 0.5) is 9.59 Å². The van der Waals surface area contributed by atoms with E-state index in [1.165, 1.54) is 13.8 Å². The van der Waals surface area contributed by atoms with Crippen molar-refractivity contribution in [2.24, 2.45) is 0 Å². The first-order valence-electron chi connectivity index (χ1n) is 6.51. The second-order valence-corrected chi connectivity index (χ2v) is 4.98. The first kappa shape index (κ1) is 15.3. The molecule has 0 bridgehead atoms. The number of amides is 4. The second kappa shape index (κ2) is 6.40. The van der Waals surface area contributed by atoms with E-state index < -0.39 is 23.6 Å². The average Bonchev–Trinajstić information content (AvgIpc) is 2.52. The smallest absolute Gasteiger partial charge is 0.320 e. The Morgan fingerprint density at radius 3 is 2.53 bits per heavy atom. The summed E-state index contributed by atoms with van der Waals surface area (Å²) in [6.45, 7) is 5.60. The number of nitrogens with one attached hydrogen (secondary N) is 2. The predicted octanol–water partition coefficient (Wildman–Crippen LogP) is 1.54. The second-order valence-electron chi connectivity index (χ2n) is 4.98. The number of nitrogens with zero attached hydrogens (tertiary/aromatic N) is 1. The molecule has 0 unspecified atom stereocenters. The van der Waals surface area contributed by atoms with Crippen LogP contribution in [0.3, 0.4) is 0 Å². The van der Waals surface area contributed by atoms with Gasteiger partial charge in [-0.3, -0.25) is 10.1 Å². The summed E-state index contributed by atoms with van der Waals surface area (Å²) in [4.78, 5) is 39.3. The van der Waals surface area contributed by atoms with Crippen LogP contribution in [0.15, 0.2) is 0 Å². The van der Waals surface area contributed by atoms with Crippen LogP contribution in [0, 0.1) is 0 Å². The van der Waals surface area contributed by atoms with Gasteiger partial charge in [-0.15, -0.1) is 5.06 Å². The van der Waals surface area contributed by atoms with E-state index in [9.17, 15) is 14.4 Å². The lowest BCUT2D eigenvalue weighted by Gasteiger charge is -2.25. The van der Waals surface area contributed by atoms with E-state index in [-0.39, 0.29) is 0 Å². The zero-order valence-electron chi connectivity index (χ0n) is 11.6. The van der Waals surface area contributed by atoms with E-state index in [0.717, 1.165) is 30.7 Å². The van der Waals surface area contributed by atoms with E-state index >= 15 is 0 Å². The monoisotopic (exact) mass is 271 g/mol. The molecule has 1 heterocycles. The number of rotatable bonds is 6. The molecule has 0 aromatic heterocycles. The molecule has 4 amide bonds. The lowest BCUT2D eigenvalue weighted by molar-refractivity contribution is -0.141. The lowest BCUT2D eigenvalue weighted by Crippen LogP contribution is -2.47. The Hall–Kier alpha value is -1.79. The van der Waals surface area contributed by atoms with Gasteiger partial charge in [0.25, 0.3) is 5.91 Å². The standard InChI is InChI=1S/C12H21N3O4/c1-4-5-6-7-8-13-11(18)19-15-10(17)14-9(16)12(15,2)3/h4-8H2,1-3H3,(H,13,18)(H,14,16,17). The summed E-state index contributed by atoms with van der Waals surface area (Å²) >= 11 is 0. The Morgan fingerprint density at radius 1 is 1.32 bits per heavy atom. The Labute approximate surface area is 112 Å². The van der Waals surface area contributed by atoms with Gasteiger partial charge < -0.3 is 10.2 Å². The number of hydrogen-bond donors (Lipinski definition) is 2. The van der Waals surface area contributed by atoms with Crippen LogP contribution < -0.4 is 10.6 Å². The van der Waals surface area contributed by atoms with Crippen molar-refractivity contribution in [2.75, 3.05) is 6.54 Å². The minimum absolute atomic E-state index is 0.489. The van der Waals surface area contributed by atoms with E-state index in [1.807, 2.05) is 0 Å². The Balaban J connectivity index is 2.36. The molecule has 19 heavy (non-hydrogen) atoms. The summed E-state index contributed by atoms with van der Waals surface area (Å²) in [5.41, 5.74) is -1.18. The number of hydroxylamine groups is 2. The molecular weight excluding hydrogens is 250 g/mol. The highest BCUT2D eigenvalue weighted by Gasteiger charge is 2.48. The third kappa shape index (κ3) is 3.84. The summed E-state index contributed by atoms with van der Waals surface area (Å²) in [7, 11) is 0. The molecule has 0 spiro atoms. The number of carbonyl (C=O) groups is 3. The van der Waals surface area contributed by atoms with E-state index in [4.69, 9.17) is 4.84 Å². The maximum absolute atomic E-state index is 11.5. The molecule has 0 aromatic rings. The van der Waals surface area contributed by atoms with Crippen molar-refractivity contribution < 1.29 is 19.2 Å². The van der Waals surface area contributed by atoms with Crippen LogP contribution in [-0.4, -0.2) is 35.2 Å². The van der Waals surface area contributed by atoms with Crippen LogP contribution in [0.25, 0.3) is 0 Å². The molecule has 1 aliphatic rings. The van der Waals surface area contributed by atoms with Gasteiger partial charge in [-0.25, -0.2) is 9.59 Å². The summed E-state index contributed by atoms with van der Waals surface area (Å²) in [5, 5.41) is 5.40. The molecule has 7 heteroatoms. The lowest BCUT2D eigenvalue weighted by atomic mass is 10.1. The van der Waals surface area contributed by atoms with Gasteiger partial charge in [0.05, 0.1) is 0 Å². The third-order valence-electron chi connectivity index (χ3n) is 2.94. The first-order valence-corrected chi connectivity index (χ1v) is 6.51. The number of imide groups is 1. The van der Waals surface area contributed by atoms with Crippen LogP contribution in [0.2, 0.25) is 0 Å². The SMILES string of the molecule is CCCCCCNC(=O)ON1C(=O)NC(=O)C1(C)C. The average molecular weight is 271 g/mol. The molecule has 1 rings (SSSR count). The minimum atomic E-state index is -1.18. The van der Waals surface area contributed by atoms with Gasteiger partial charge in [-0.2, -0.15) is 0 Å². The molecular formula is C12H21N3O4. The van der Waals surface area contributed by atoms with Crippen LogP contribution in [-0.2, 0) is 9.63 Å². The summed E-state index contributed by atoms with van der Waals surface area (Å²) in [6, 6.07) is -0.726. The molecule has 0 aromatic carbocycles. The van der Waals surface area contributed by atoms with Gasteiger partial charge in [-0.05, 0) is 20.3 Å². The fourth-order valence-electron chi connectivity index (χ4n) is 1.66. The van der Waals surface area contributed by atoms with Crippen molar-refractivity contribution in [1.29, 1.82) is 0 Å². The van der Waals surface area contributed by atoms with E-state index in [2.05, 4.69) is 17.6 Å². The maximum Gasteiger partial charge on any atom is 0.431 e. The predicted molar refractivity (Wildman–Crippen MR) is 68.1 cm³/mol. The Morgan fingerprint density at radius 2 is 2.00 bits per heavy atom. The number of hydrogen-bond acceptors (Lipinski definition) is 4. The molecule has 0 atom stereocenters. The molecule has 0 saturated carbocycles. The van der Waals surface area contributed by atoms with Crippen LogP contribution in [0.5, 0.6) is 0 Å². The molecule has 108 valence electrons. The molecule has 1 fully saturated rings. The quantitative estimate of drug-likeness (QED) is 0.566.